The first kappa shape index (κ1) is 14.7. The molecule has 0 spiro atoms. The second-order valence-electron chi connectivity index (χ2n) is 4.56. The number of benzene rings is 1. The Morgan fingerprint density at radius 3 is 2.71 bits per heavy atom. The summed E-state index contributed by atoms with van der Waals surface area (Å²) < 4.78 is 13.6. The number of nitrogens with two attached hydrogens (primary N) is 1. The van der Waals surface area contributed by atoms with Gasteiger partial charge in [-0.25, -0.2) is 4.39 Å². The topological polar surface area (TPSA) is 26.0 Å². The summed E-state index contributed by atoms with van der Waals surface area (Å²) in [5.74, 6) is -0.217. The Labute approximate surface area is 112 Å². The molecule has 0 bridgehead atoms. The van der Waals surface area contributed by atoms with E-state index < -0.39 is 0 Å². The molecule has 0 saturated carbocycles. The Balaban J connectivity index is 2.34. The van der Waals surface area contributed by atoms with E-state index in [1.165, 1.54) is 31.7 Å². The smallest absolute Gasteiger partial charge is 0.137 e. The molecule has 0 amide bonds. The van der Waals surface area contributed by atoms with Crippen molar-refractivity contribution in [3.63, 3.8) is 0 Å². The van der Waals surface area contributed by atoms with Crippen molar-refractivity contribution in [1.82, 2.24) is 0 Å². The lowest BCUT2D eigenvalue weighted by Crippen LogP contribution is -2.22. The van der Waals surface area contributed by atoms with Gasteiger partial charge in [0.25, 0.3) is 0 Å². The Morgan fingerprint density at radius 2 is 2.06 bits per heavy atom. The maximum Gasteiger partial charge on any atom is 0.137 e. The molecule has 0 aliphatic carbocycles. The molecule has 0 fully saturated rings. The maximum atomic E-state index is 13.0. The average Bonchev–Trinajstić information content (AvgIpc) is 2.30. The minimum absolute atomic E-state index is 0.184. The van der Waals surface area contributed by atoms with Gasteiger partial charge < -0.3 is 5.73 Å². The van der Waals surface area contributed by atoms with Gasteiger partial charge in [-0.3, -0.25) is 0 Å². The molecule has 3 heteroatoms. The van der Waals surface area contributed by atoms with Crippen molar-refractivity contribution in [3.8, 4) is 0 Å². The standard InChI is InChI=1S/C14H21BrFN/c1-2-3-4-5-6-12(17)9-11-7-8-14(16)13(15)10-11/h7-8,10,12H,2-6,9,17H2,1H3. The number of hydrogen-bond acceptors (Lipinski definition) is 1. The Morgan fingerprint density at radius 1 is 1.29 bits per heavy atom. The third-order valence-electron chi connectivity index (χ3n) is 2.91. The Hall–Kier alpha value is -0.410. The first-order valence-electron chi connectivity index (χ1n) is 6.33. The average molecular weight is 302 g/mol. The summed E-state index contributed by atoms with van der Waals surface area (Å²) in [7, 11) is 0. The van der Waals surface area contributed by atoms with Gasteiger partial charge in [0.1, 0.15) is 5.82 Å². The third kappa shape index (κ3) is 5.64. The van der Waals surface area contributed by atoms with Crippen LogP contribution in [0, 0.1) is 5.82 Å². The predicted octanol–water partition coefficient (Wildman–Crippen LogP) is 4.43. The van der Waals surface area contributed by atoms with Crippen LogP contribution in [0.1, 0.15) is 44.6 Å². The van der Waals surface area contributed by atoms with Gasteiger partial charge in [0, 0.05) is 6.04 Å². The molecule has 1 rings (SSSR count). The molecule has 96 valence electrons. The molecule has 1 aromatic carbocycles. The van der Waals surface area contributed by atoms with Crippen LogP contribution in [0.15, 0.2) is 22.7 Å². The lowest BCUT2D eigenvalue weighted by molar-refractivity contribution is 0.545. The van der Waals surface area contributed by atoms with Crippen molar-refractivity contribution in [2.24, 2.45) is 5.73 Å². The van der Waals surface area contributed by atoms with Crippen molar-refractivity contribution in [1.29, 1.82) is 0 Å². The first-order valence-corrected chi connectivity index (χ1v) is 7.12. The molecule has 0 saturated heterocycles. The van der Waals surface area contributed by atoms with Crippen LogP contribution in [0.2, 0.25) is 0 Å². The lowest BCUT2D eigenvalue weighted by Gasteiger charge is -2.11. The van der Waals surface area contributed by atoms with Gasteiger partial charge in [-0.05, 0) is 46.5 Å². The van der Waals surface area contributed by atoms with Gasteiger partial charge in [-0.1, -0.05) is 38.7 Å². The van der Waals surface area contributed by atoms with Gasteiger partial charge in [0.2, 0.25) is 0 Å². The monoisotopic (exact) mass is 301 g/mol. The van der Waals surface area contributed by atoms with E-state index in [-0.39, 0.29) is 11.9 Å². The molecule has 1 nitrogen and oxygen atoms in total. The van der Waals surface area contributed by atoms with Crippen LogP contribution >= 0.6 is 15.9 Å². The van der Waals surface area contributed by atoms with Crippen LogP contribution in [0.4, 0.5) is 4.39 Å². The summed E-state index contributed by atoms with van der Waals surface area (Å²) in [5.41, 5.74) is 7.17. The quantitative estimate of drug-likeness (QED) is 0.741. The van der Waals surface area contributed by atoms with E-state index in [0.717, 1.165) is 18.4 Å². The van der Waals surface area contributed by atoms with E-state index in [2.05, 4.69) is 22.9 Å². The molecule has 17 heavy (non-hydrogen) atoms. The minimum atomic E-state index is -0.217. The normalized spacial score (nSPS) is 12.7. The Bertz CT molecular complexity index is 341. The molecular formula is C14H21BrFN. The van der Waals surface area contributed by atoms with Crippen molar-refractivity contribution in [2.75, 3.05) is 0 Å². The van der Waals surface area contributed by atoms with Gasteiger partial charge in [-0.2, -0.15) is 0 Å². The van der Waals surface area contributed by atoms with Gasteiger partial charge in [-0.15, -0.1) is 0 Å². The molecular weight excluding hydrogens is 281 g/mol. The largest absolute Gasteiger partial charge is 0.327 e. The minimum Gasteiger partial charge on any atom is -0.327 e. The fraction of sp³-hybridized carbons (Fsp3) is 0.571. The SMILES string of the molecule is CCCCCCC(N)Cc1ccc(F)c(Br)c1. The van der Waals surface area contributed by atoms with Gasteiger partial charge in [0.05, 0.1) is 4.47 Å². The Kier molecular flexibility index (Phi) is 6.75. The molecule has 1 atom stereocenters. The molecule has 0 radical (unpaired) electrons. The highest BCUT2D eigenvalue weighted by Crippen LogP contribution is 2.18. The number of unbranched alkanes of at least 4 members (excludes halogenated alkanes) is 3. The van der Waals surface area contributed by atoms with Crippen LogP contribution < -0.4 is 5.73 Å². The molecule has 0 aromatic heterocycles. The predicted molar refractivity (Wildman–Crippen MR) is 74.5 cm³/mol. The highest BCUT2D eigenvalue weighted by Gasteiger charge is 2.06. The lowest BCUT2D eigenvalue weighted by atomic mass is 10.0. The van der Waals surface area contributed by atoms with Crippen molar-refractivity contribution >= 4 is 15.9 Å². The summed E-state index contributed by atoms with van der Waals surface area (Å²) in [6.45, 7) is 2.20. The van der Waals surface area contributed by atoms with Crippen molar-refractivity contribution < 1.29 is 4.39 Å². The second-order valence-corrected chi connectivity index (χ2v) is 5.42. The van der Waals surface area contributed by atoms with E-state index in [1.54, 1.807) is 0 Å². The summed E-state index contributed by atoms with van der Waals surface area (Å²) in [6, 6.07) is 5.31. The van der Waals surface area contributed by atoms with Crippen LogP contribution in [-0.2, 0) is 6.42 Å². The van der Waals surface area contributed by atoms with E-state index in [1.807, 2.05) is 12.1 Å². The zero-order valence-electron chi connectivity index (χ0n) is 10.4. The van der Waals surface area contributed by atoms with Gasteiger partial charge in [0.15, 0.2) is 0 Å². The zero-order valence-corrected chi connectivity index (χ0v) is 12.0. The number of halogens is 2. The summed E-state index contributed by atoms with van der Waals surface area (Å²) >= 11 is 3.19. The molecule has 1 unspecified atom stereocenters. The van der Waals surface area contributed by atoms with E-state index >= 15 is 0 Å². The van der Waals surface area contributed by atoms with Crippen LogP contribution in [0.5, 0.6) is 0 Å². The highest BCUT2D eigenvalue weighted by molar-refractivity contribution is 9.10. The van der Waals surface area contributed by atoms with Crippen LogP contribution in [0.3, 0.4) is 0 Å². The molecule has 0 aliphatic heterocycles. The molecule has 2 N–H and O–H groups in total. The summed E-state index contributed by atoms with van der Waals surface area (Å²) in [5, 5.41) is 0. The van der Waals surface area contributed by atoms with E-state index in [4.69, 9.17) is 5.73 Å². The van der Waals surface area contributed by atoms with Crippen molar-refractivity contribution in [2.45, 2.75) is 51.5 Å². The van der Waals surface area contributed by atoms with E-state index in [9.17, 15) is 4.39 Å². The molecule has 0 heterocycles. The summed E-state index contributed by atoms with van der Waals surface area (Å²) in [6.07, 6.45) is 6.86. The van der Waals surface area contributed by atoms with E-state index in [0.29, 0.717) is 4.47 Å². The fourth-order valence-corrected chi connectivity index (χ4v) is 2.33. The second kappa shape index (κ2) is 7.83. The maximum absolute atomic E-state index is 13.0. The molecule has 1 aromatic rings. The highest BCUT2D eigenvalue weighted by atomic mass is 79.9. The van der Waals surface area contributed by atoms with Crippen LogP contribution in [0.25, 0.3) is 0 Å². The summed E-state index contributed by atoms with van der Waals surface area (Å²) in [4.78, 5) is 0. The number of rotatable bonds is 7. The van der Waals surface area contributed by atoms with Crippen molar-refractivity contribution in [3.05, 3.63) is 34.1 Å². The fourth-order valence-electron chi connectivity index (χ4n) is 1.90. The van der Waals surface area contributed by atoms with Gasteiger partial charge >= 0.3 is 0 Å². The number of hydrogen-bond donors (Lipinski definition) is 1. The third-order valence-corrected chi connectivity index (χ3v) is 3.52. The first-order chi connectivity index (χ1) is 8.13. The zero-order chi connectivity index (χ0) is 12.7. The molecule has 0 aliphatic rings. The van der Waals surface area contributed by atoms with Crippen LogP contribution in [-0.4, -0.2) is 6.04 Å².